The molecule has 7 nitrogen and oxygen atoms in total. The molecule has 1 aromatic heterocycles. The first kappa shape index (κ1) is 15.5. The number of amides is 2. The zero-order chi connectivity index (χ0) is 14.4. The highest BCUT2D eigenvalue weighted by molar-refractivity contribution is 7.99. The molecule has 0 aliphatic rings. The fraction of sp³-hybridized carbons (Fsp3) is 0.636. The van der Waals surface area contributed by atoms with Crippen LogP contribution in [0.25, 0.3) is 0 Å². The van der Waals surface area contributed by atoms with E-state index < -0.39 is 0 Å². The average molecular weight is 285 g/mol. The number of nitrogens with zero attached hydrogens (tertiary/aromatic N) is 3. The first-order valence-corrected chi connectivity index (χ1v) is 6.97. The van der Waals surface area contributed by atoms with Crippen LogP contribution in [0.1, 0.15) is 26.1 Å². The minimum absolute atomic E-state index is 0.0401. The average Bonchev–Trinajstić information content (AvgIpc) is 2.64. The van der Waals surface area contributed by atoms with Gasteiger partial charge in [0.1, 0.15) is 5.82 Å². The van der Waals surface area contributed by atoms with Crippen LogP contribution >= 0.6 is 11.8 Å². The van der Waals surface area contributed by atoms with Gasteiger partial charge in [-0.1, -0.05) is 11.8 Å². The van der Waals surface area contributed by atoms with Crippen molar-refractivity contribution in [3.05, 3.63) is 5.82 Å². The Labute approximate surface area is 116 Å². The zero-order valence-electron chi connectivity index (χ0n) is 11.3. The molecule has 0 unspecified atom stereocenters. The predicted octanol–water partition coefficient (Wildman–Crippen LogP) is -0.150. The molecule has 1 aromatic rings. The summed E-state index contributed by atoms with van der Waals surface area (Å²) < 4.78 is 1.77. The Morgan fingerprint density at radius 1 is 1.42 bits per heavy atom. The Morgan fingerprint density at radius 3 is 2.68 bits per heavy atom. The van der Waals surface area contributed by atoms with Crippen LogP contribution in [0.5, 0.6) is 0 Å². The summed E-state index contributed by atoms with van der Waals surface area (Å²) in [7, 11) is 1.80. The predicted molar refractivity (Wildman–Crippen MR) is 72.5 cm³/mol. The standard InChI is InChI=1S/C11H19N5O2S/c1-7(2)13-10(18)6-19-11-15-14-9(16(11)3)5-4-8(12)17/h7H,4-6H2,1-3H3,(H2,12,17)(H,13,18). The van der Waals surface area contributed by atoms with E-state index in [0.29, 0.717) is 23.2 Å². The Kier molecular flexibility index (Phi) is 5.81. The summed E-state index contributed by atoms with van der Waals surface area (Å²) >= 11 is 1.31. The maximum Gasteiger partial charge on any atom is 0.230 e. The van der Waals surface area contributed by atoms with E-state index in [-0.39, 0.29) is 24.3 Å². The largest absolute Gasteiger partial charge is 0.370 e. The molecule has 0 saturated heterocycles. The molecule has 0 bridgehead atoms. The summed E-state index contributed by atoms with van der Waals surface area (Å²) in [5, 5.41) is 11.4. The summed E-state index contributed by atoms with van der Waals surface area (Å²) in [4.78, 5) is 22.2. The van der Waals surface area contributed by atoms with Crippen LogP contribution in [0, 0.1) is 0 Å². The van der Waals surface area contributed by atoms with Crippen molar-refractivity contribution in [2.45, 2.75) is 37.9 Å². The van der Waals surface area contributed by atoms with Gasteiger partial charge >= 0.3 is 0 Å². The van der Waals surface area contributed by atoms with Gasteiger partial charge in [0.15, 0.2) is 5.16 Å². The lowest BCUT2D eigenvalue weighted by Gasteiger charge is -2.07. The number of hydrogen-bond donors (Lipinski definition) is 2. The fourth-order valence-electron chi connectivity index (χ4n) is 1.42. The Bertz CT molecular complexity index is 458. The van der Waals surface area contributed by atoms with Crippen molar-refractivity contribution in [1.82, 2.24) is 20.1 Å². The van der Waals surface area contributed by atoms with Gasteiger partial charge in [0, 0.05) is 25.9 Å². The van der Waals surface area contributed by atoms with E-state index in [2.05, 4.69) is 15.5 Å². The van der Waals surface area contributed by atoms with Crippen molar-refractivity contribution >= 4 is 23.6 Å². The molecule has 2 amide bonds. The van der Waals surface area contributed by atoms with Gasteiger partial charge < -0.3 is 15.6 Å². The topological polar surface area (TPSA) is 103 Å². The highest BCUT2D eigenvalue weighted by atomic mass is 32.2. The highest BCUT2D eigenvalue weighted by Crippen LogP contribution is 2.15. The molecule has 0 aliphatic heterocycles. The Morgan fingerprint density at radius 2 is 2.11 bits per heavy atom. The molecule has 0 radical (unpaired) electrons. The molecule has 1 heterocycles. The SMILES string of the molecule is CC(C)NC(=O)CSc1nnc(CCC(N)=O)n1C. The molecule has 0 aromatic carbocycles. The lowest BCUT2D eigenvalue weighted by atomic mass is 10.3. The number of primary amides is 1. The second kappa shape index (κ2) is 7.13. The quantitative estimate of drug-likeness (QED) is 0.678. The zero-order valence-corrected chi connectivity index (χ0v) is 12.2. The molecule has 0 fully saturated rings. The lowest BCUT2D eigenvalue weighted by molar-refractivity contribution is -0.119. The third-order valence-corrected chi connectivity index (χ3v) is 3.32. The minimum atomic E-state index is -0.367. The number of carbonyl (C=O) groups is 2. The molecule has 106 valence electrons. The summed E-state index contributed by atoms with van der Waals surface area (Å²) in [6.07, 6.45) is 0.696. The maximum atomic E-state index is 11.5. The Hall–Kier alpha value is -1.57. The van der Waals surface area contributed by atoms with E-state index in [4.69, 9.17) is 5.73 Å². The van der Waals surface area contributed by atoms with Gasteiger partial charge in [-0.3, -0.25) is 9.59 Å². The number of aryl methyl sites for hydroxylation is 1. The molecule has 0 atom stereocenters. The Balaban J connectivity index is 2.51. The molecular weight excluding hydrogens is 266 g/mol. The first-order valence-electron chi connectivity index (χ1n) is 5.99. The van der Waals surface area contributed by atoms with E-state index in [1.807, 2.05) is 13.8 Å². The van der Waals surface area contributed by atoms with Gasteiger partial charge in [-0.15, -0.1) is 10.2 Å². The number of thioether (sulfide) groups is 1. The lowest BCUT2D eigenvalue weighted by Crippen LogP contribution is -2.31. The van der Waals surface area contributed by atoms with Crippen molar-refractivity contribution in [3.8, 4) is 0 Å². The van der Waals surface area contributed by atoms with Crippen molar-refractivity contribution < 1.29 is 9.59 Å². The number of rotatable bonds is 7. The van der Waals surface area contributed by atoms with Crippen LogP contribution in [0.2, 0.25) is 0 Å². The van der Waals surface area contributed by atoms with Gasteiger partial charge in [0.05, 0.1) is 5.75 Å². The monoisotopic (exact) mass is 285 g/mol. The van der Waals surface area contributed by atoms with Crippen LogP contribution in [0.15, 0.2) is 5.16 Å². The van der Waals surface area contributed by atoms with Crippen molar-refractivity contribution in [1.29, 1.82) is 0 Å². The summed E-state index contributed by atoms with van der Waals surface area (Å²) in [6.45, 7) is 3.82. The van der Waals surface area contributed by atoms with E-state index in [9.17, 15) is 9.59 Å². The number of nitrogens with one attached hydrogen (secondary N) is 1. The maximum absolute atomic E-state index is 11.5. The van der Waals surface area contributed by atoms with Gasteiger partial charge in [0.25, 0.3) is 0 Å². The van der Waals surface area contributed by atoms with Crippen molar-refractivity contribution in [3.63, 3.8) is 0 Å². The van der Waals surface area contributed by atoms with E-state index >= 15 is 0 Å². The van der Waals surface area contributed by atoms with Crippen LogP contribution in [-0.4, -0.2) is 38.4 Å². The second-order valence-corrected chi connectivity index (χ2v) is 5.38. The molecule has 19 heavy (non-hydrogen) atoms. The van der Waals surface area contributed by atoms with Crippen LogP contribution in [0.4, 0.5) is 0 Å². The number of aromatic nitrogens is 3. The summed E-state index contributed by atoms with van der Waals surface area (Å²) in [5.74, 6) is 0.570. The molecule has 0 saturated carbocycles. The molecule has 8 heteroatoms. The molecular formula is C11H19N5O2S. The third kappa shape index (κ3) is 5.29. The molecule has 0 spiro atoms. The van der Waals surface area contributed by atoms with Crippen LogP contribution in [0.3, 0.4) is 0 Å². The fourth-order valence-corrected chi connectivity index (χ4v) is 2.16. The van der Waals surface area contributed by atoms with Crippen molar-refractivity contribution in [2.24, 2.45) is 12.8 Å². The molecule has 0 aliphatic carbocycles. The normalized spacial score (nSPS) is 10.7. The van der Waals surface area contributed by atoms with Gasteiger partial charge in [-0.05, 0) is 13.8 Å². The van der Waals surface area contributed by atoms with Crippen LogP contribution < -0.4 is 11.1 Å². The first-order chi connectivity index (χ1) is 8.90. The van der Waals surface area contributed by atoms with E-state index in [1.54, 1.807) is 11.6 Å². The second-order valence-electron chi connectivity index (χ2n) is 4.44. The summed E-state index contributed by atoms with van der Waals surface area (Å²) in [6, 6.07) is 0.124. The molecule has 1 rings (SSSR count). The van der Waals surface area contributed by atoms with Gasteiger partial charge in [-0.25, -0.2) is 0 Å². The van der Waals surface area contributed by atoms with Gasteiger partial charge in [-0.2, -0.15) is 0 Å². The number of carbonyl (C=O) groups excluding carboxylic acids is 2. The van der Waals surface area contributed by atoms with Crippen molar-refractivity contribution in [2.75, 3.05) is 5.75 Å². The number of nitrogens with two attached hydrogens (primary N) is 1. The summed E-state index contributed by atoms with van der Waals surface area (Å²) in [5.41, 5.74) is 5.09. The smallest absolute Gasteiger partial charge is 0.230 e. The van der Waals surface area contributed by atoms with Crippen LogP contribution in [-0.2, 0) is 23.1 Å². The van der Waals surface area contributed by atoms with E-state index in [1.165, 1.54) is 11.8 Å². The van der Waals surface area contributed by atoms with E-state index in [0.717, 1.165) is 0 Å². The number of hydrogen-bond acceptors (Lipinski definition) is 5. The third-order valence-electron chi connectivity index (χ3n) is 2.30. The molecule has 3 N–H and O–H groups in total. The van der Waals surface area contributed by atoms with Gasteiger partial charge in [0.2, 0.25) is 11.8 Å². The minimum Gasteiger partial charge on any atom is -0.370 e. The highest BCUT2D eigenvalue weighted by Gasteiger charge is 2.12.